The van der Waals surface area contributed by atoms with Crippen molar-refractivity contribution < 1.29 is 4.39 Å². The van der Waals surface area contributed by atoms with Crippen molar-refractivity contribution in [1.29, 1.82) is 5.26 Å². The highest BCUT2D eigenvalue weighted by Gasteiger charge is 2.08. The standard InChI is InChI=1S/C8H8FN/c1-6-4-7(5-10)2-3-8(6)9/h4H,2-3H2,1H3. The van der Waals surface area contributed by atoms with Crippen molar-refractivity contribution in [2.75, 3.05) is 0 Å². The maximum atomic E-state index is 12.6. The van der Waals surface area contributed by atoms with E-state index < -0.39 is 0 Å². The summed E-state index contributed by atoms with van der Waals surface area (Å²) in [5.74, 6) is -0.0843. The number of hydrogen-bond donors (Lipinski definition) is 0. The first kappa shape index (κ1) is 7.01. The van der Waals surface area contributed by atoms with Crippen molar-refractivity contribution in [2.24, 2.45) is 0 Å². The van der Waals surface area contributed by atoms with Crippen molar-refractivity contribution in [3.8, 4) is 6.07 Å². The minimum atomic E-state index is -0.0843. The largest absolute Gasteiger partial charge is 0.212 e. The monoisotopic (exact) mass is 137 g/mol. The summed E-state index contributed by atoms with van der Waals surface area (Å²) >= 11 is 0. The fraction of sp³-hybridized carbons (Fsp3) is 0.375. The number of nitrogens with zero attached hydrogens (tertiary/aromatic N) is 1. The minimum absolute atomic E-state index is 0.0843. The van der Waals surface area contributed by atoms with Crippen LogP contribution in [0, 0.1) is 11.3 Å². The SMILES string of the molecule is CC1=C(F)CCC(C#N)=C1. The second-order valence-corrected chi connectivity index (χ2v) is 2.37. The summed E-state index contributed by atoms with van der Waals surface area (Å²) in [4.78, 5) is 0. The predicted octanol–water partition coefficient (Wildman–Crippen LogP) is 2.47. The van der Waals surface area contributed by atoms with Crippen LogP contribution in [0.5, 0.6) is 0 Å². The molecule has 0 bridgehead atoms. The van der Waals surface area contributed by atoms with Crippen LogP contribution in [0.2, 0.25) is 0 Å². The lowest BCUT2D eigenvalue weighted by Crippen LogP contribution is -1.91. The van der Waals surface area contributed by atoms with Gasteiger partial charge in [0.25, 0.3) is 0 Å². The summed E-state index contributed by atoms with van der Waals surface area (Å²) in [6, 6.07) is 2.02. The zero-order chi connectivity index (χ0) is 7.56. The quantitative estimate of drug-likeness (QED) is 0.503. The third-order valence-corrected chi connectivity index (χ3v) is 1.58. The zero-order valence-corrected chi connectivity index (χ0v) is 5.82. The first-order valence-corrected chi connectivity index (χ1v) is 3.20. The highest BCUT2D eigenvalue weighted by Crippen LogP contribution is 2.23. The van der Waals surface area contributed by atoms with Gasteiger partial charge in [-0.05, 0) is 25.0 Å². The van der Waals surface area contributed by atoms with Crippen molar-refractivity contribution in [1.82, 2.24) is 0 Å². The van der Waals surface area contributed by atoms with E-state index in [0.29, 0.717) is 24.0 Å². The van der Waals surface area contributed by atoms with Gasteiger partial charge in [0, 0.05) is 12.0 Å². The molecule has 0 atom stereocenters. The van der Waals surface area contributed by atoms with E-state index in [-0.39, 0.29) is 5.83 Å². The van der Waals surface area contributed by atoms with Gasteiger partial charge < -0.3 is 0 Å². The maximum Gasteiger partial charge on any atom is 0.103 e. The number of hydrogen-bond acceptors (Lipinski definition) is 1. The molecule has 0 aromatic carbocycles. The van der Waals surface area contributed by atoms with E-state index in [9.17, 15) is 4.39 Å². The number of halogens is 1. The average molecular weight is 137 g/mol. The zero-order valence-electron chi connectivity index (χ0n) is 5.82. The summed E-state index contributed by atoms with van der Waals surface area (Å²) in [5, 5.41) is 8.43. The Labute approximate surface area is 59.5 Å². The van der Waals surface area contributed by atoms with Crippen molar-refractivity contribution in [3.63, 3.8) is 0 Å². The molecule has 0 aromatic rings. The molecule has 1 aliphatic rings. The number of rotatable bonds is 0. The van der Waals surface area contributed by atoms with E-state index in [0.717, 1.165) is 0 Å². The van der Waals surface area contributed by atoms with E-state index >= 15 is 0 Å². The first-order chi connectivity index (χ1) is 4.74. The van der Waals surface area contributed by atoms with Gasteiger partial charge in [0.1, 0.15) is 5.83 Å². The smallest absolute Gasteiger partial charge is 0.103 e. The van der Waals surface area contributed by atoms with E-state index in [2.05, 4.69) is 0 Å². The van der Waals surface area contributed by atoms with Crippen LogP contribution in [0.3, 0.4) is 0 Å². The van der Waals surface area contributed by atoms with Gasteiger partial charge in [-0.3, -0.25) is 0 Å². The molecule has 0 saturated carbocycles. The Morgan fingerprint density at radius 2 is 2.30 bits per heavy atom. The van der Waals surface area contributed by atoms with Crippen LogP contribution in [-0.2, 0) is 0 Å². The fourth-order valence-corrected chi connectivity index (χ4v) is 0.942. The molecule has 1 aliphatic carbocycles. The maximum absolute atomic E-state index is 12.6. The van der Waals surface area contributed by atoms with Crippen LogP contribution < -0.4 is 0 Å². The second-order valence-electron chi connectivity index (χ2n) is 2.37. The van der Waals surface area contributed by atoms with Gasteiger partial charge >= 0.3 is 0 Å². The lowest BCUT2D eigenvalue weighted by molar-refractivity contribution is 0.574. The molecule has 0 aliphatic heterocycles. The summed E-state index contributed by atoms with van der Waals surface area (Å²) in [6.45, 7) is 1.69. The van der Waals surface area contributed by atoms with Crippen LogP contribution in [0.15, 0.2) is 23.0 Å². The molecule has 0 unspecified atom stereocenters. The van der Waals surface area contributed by atoms with Gasteiger partial charge in [-0.1, -0.05) is 0 Å². The molecule has 0 amide bonds. The molecule has 0 aromatic heterocycles. The van der Waals surface area contributed by atoms with Crippen LogP contribution >= 0.6 is 0 Å². The molecule has 10 heavy (non-hydrogen) atoms. The predicted molar refractivity (Wildman–Crippen MR) is 36.7 cm³/mol. The molecule has 1 rings (SSSR count). The van der Waals surface area contributed by atoms with Gasteiger partial charge in [0.15, 0.2) is 0 Å². The Balaban J connectivity index is 2.89. The van der Waals surface area contributed by atoms with Crippen LogP contribution in [0.4, 0.5) is 4.39 Å². The van der Waals surface area contributed by atoms with E-state index in [1.807, 2.05) is 6.07 Å². The molecule has 0 radical (unpaired) electrons. The Hall–Kier alpha value is -1.10. The van der Waals surface area contributed by atoms with Gasteiger partial charge in [0.05, 0.1) is 6.07 Å². The molecular weight excluding hydrogens is 129 g/mol. The highest BCUT2D eigenvalue weighted by atomic mass is 19.1. The van der Waals surface area contributed by atoms with Crippen molar-refractivity contribution in [2.45, 2.75) is 19.8 Å². The van der Waals surface area contributed by atoms with Crippen LogP contribution in [0.1, 0.15) is 19.8 Å². The van der Waals surface area contributed by atoms with Crippen LogP contribution in [0.25, 0.3) is 0 Å². The van der Waals surface area contributed by atoms with Crippen molar-refractivity contribution in [3.05, 3.63) is 23.0 Å². The molecule has 0 heterocycles. The summed E-state index contributed by atoms with van der Waals surface area (Å²) in [7, 11) is 0. The van der Waals surface area contributed by atoms with Gasteiger partial charge in [-0.2, -0.15) is 5.26 Å². The molecule has 2 heteroatoms. The lowest BCUT2D eigenvalue weighted by atomic mass is 10.0. The van der Waals surface area contributed by atoms with Gasteiger partial charge in [-0.25, -0.2) is 4.39 Å². The number of allylic oxidation sites excluding steroid dienone is 4. The molecule has 0 N–H and O–H groups in total. The lowest BCUT2D eigenvalue weighted by Gasteiger charge is -2.06. The Kier molecular flexibility index (Phi) is 1.86. The van der Waals surface area contributed by atoms with Crippen molar-refractivity contribution >= 4 is 0 Å². The molecule has 0 fully saturated rings. The van der Waals surface area contributed by atoms with Gasteiger partial charge in [0.2, 0.25) is 0 Å². The topological polar surface area (TPSA) is 23.8 Å². The Morgan fingerprint density at radius 3 is 2.80 bits per heavy atom. The first-order valence-electron chi connectivity index (χ1n) is 3.20. The van der Waals surface area contributed by atoms with Gasteiger partial charge in [-0.15, -0.1) is 0 Å². The Bertz CT molecular complexity index is 242. The minimum Gasteiger partial charge on any atom is -0.212 e. The third kappa shape index (κ3) is 1.24. The fourth-order valence-electron chi connectivity index (χ4n) is 0.942. The van der Waals surface area contributed by atoms with E-state index in [4.69, 9.17) is 5.26 Å². The normalized spacial score (nSPS) is 18.3. The highest BCUT2D eigenvalue weighted by molar-refractivity contribution is 5.35. The molecular formula is C8H8FN. The third-order valence-electron chi connectivity index (χ3n) is 1.58. The van der Waals surface area contributed by atoms with E-state index in [1.54, 1.807) is 13.0 Å². The number of nitriles is 1. The molecule has 0 spiro atoms. The summed E-state index contributed by atoms with van der Waals surface area (Å²) < 4.78 is 12.6. The summed E-state index contributed by atoms with van der Waals surface area (Å²) in [6.07, 6.45) is 2.56. The van der Waals surface area contributed by atoms with E-state index in [1.165, 1.54) is 0 Å². The summed E-state index contributed by atoms with van der Waals surface area (Å²) in [5.41, 5.74) is 1.28. The second kappa shape index (κ2) is 2.66. The molecule has 1 nitrogen and oxygen atoms in total. The van der Waals surface area contributed by atoms with Crippen LogP contribution in [-0.4, -0.2) is 0 Å². The average Bonchev–Trinajstić information content (AvgIpc) is 1.95. The molecule has 0 saturated heterocycles. The molecule has 52 valence electrons. The Morgan fingerprint density at radius 1 is 1.60 bits per heavy atom.